The van der Waals surface area contributed by atoms with Crippen molar-refractivity contribution in [1.29, 1.82) is 0 Å². The normalized spacial score (nSPS) is 29.9. The Bertz CT molecular complexity index is 534. The Balaban J connectivity index is 1.36. The van der Waals surface area contributed by atoms with E-state index in [1.54, 1.807) is 12.6 Å². The van der Waals surface area contributed by atoms with Crippen molar-refractivity contribution in [3.05, 3.63) is 47.0 Å². The van der Waals surface area contributed by atoms with Crippen LogP contribution in [-0.4, -0.2) is 7.11 Å². The van der Waals surface area contributed by atoms with Crippen LogP contribution in [0.5, 0.6) is 0 Å². The highest BCUT2D eigenvalue weighted by atomic mass is 35.5. The molecule has 2 aliphatic carbocycles. The first-order valence-corrected chi connectivity index (χ1v) is 11.1. The summed E-state index contributed by atoms with van der Waals surface area (Å²) in [5, 5.41) is 0. The number of hydrogen-bond donors (Lipinski definition) is 0. The van der Waals surface area contributed by atoms with E-state index in [4.69, 9.17) is 16.3 Å². The summed E-state index contributed by atoms with van der Waals surface area (Å²) in [5.41, 5.74) is 4.48. The number of ether oxygens (including phenoxy) is 1. The molecule has 2 aliphatic rings. The van der Waals surface area contributed by atoms with E-state index >= 15 is 0 Å². The Labute approximate surface area is 165 Å². The molecule has 144 valence electrons. The molecule has 2 saturated carbocycles. The number of benzene rings is 1. The second-order valence-electron chi connectivity index (χ2n) is 8.56. The van der Waals surface area contributed by atoms with Gasteiger partial charge in [0, 0.05) is 12.6 Å². The SMILES string of the molecule is COCc1ccc(CCC2CCC(C3CCC(/C=C/Cl)CC3)CC2)cc1. The largest absolute Gasteiger partial charge is 0.380 e. The molecule has 0 saturated heterocycles. The average Bonchev–Trinajstić information content (AvgIpc) is 2.69. The van der Waals surface area contributed by atoms with Gasteiger partial charge in [-0.25, -0.2) is 0 Å². The van der Waals surface area contributed by atoms with Gasteiger partial charge < -0.3 is 4.74 Å². The Morgan fingerprint density at radius 2 is 1.46 bits per heavy atom. The lowest BCUT2D eigenvalue weighted by Crippen LogP contribution is -2.25. The number of hydrogen-bond acceptors (Lipinski definition) is 1. The molecule has 0 aromatic heterocycles. The van der Waals surface area contributed by atoms with Crippen molar-refractivity contribution >= 4 is 11.6 Å². The smallest absolute Gasteiger partial charge is 0.0713 e. The number of allylic oxidation sites excluding steroid dienone is 1. The summed E-state index contributed by atoms with van der Waals surface area (Å²) in [6, 6.07) is 9.00. The fourth-order valence-corrected chi connectivity index (χ4v) is 5.41. The van der Waals surface area contributed by atoms with Crippen LogP contribution in [0.3, 0.4) is 0 Å². The summed E-state index contributed by atoms with van der Waals surface area (Å²) in [4.78, 5) is 0. The average molecular weight is 375 g/mol. The molecular formula is C24H35ClO. The van der Waals surface area contributed by atoms with Crippen LogP contribution in [0.1, 0.15) is 68.9 Å². The van der Waals surface area contributed by atoms with Crippen LogP contribution >= 0.6 is 11.6 Å². The van der Waals surface area contributed by atoms with Crippen LogP contribution in [0.25, 0.3) is 0 Å². The number of methoxy groups -OCH3 is 1. The highest BCUT2D eigenvalue weighted by Gasteiger charge is 2.30. The van der Waals surface area contributed by atoms with E-state index in [0.29, 0.717) is 6.61 Å². The second-order valence-corrected chi connectivity index (χ2v) is 8.81. The van der Waals surface area contributed by atoms with Crippen molar-refractivity contribution in [3.63, 3.8) is 0 Å². The monoisotopic (exact) mass is 374 g/mol. The Morgan fingerprint density at radius 3 is 2.04 bits per heavy atom. The zero-order chi connectivity index (χ0) is 18.2. The maximum Gasteiger partial charge on any atom is 0.0713 e. The van der Waals surface area contributed by atoms with Gasteiger partial charge in [-0.15, -0.1) is 0 Å². The zero-order valence-electron chi connectivity index (χ0n) is 16.3. The lowest BCUT2D eigenvalue weighted by atomic mass is 9.68. The van der Waals surface area contributed by atoms with E-state index in [0.717, 1.165) is 23.7 Å². The predicted molar refractivity (Wildman–Crippen MR) is 111 cm³/mol. The zero-order valence-corrected chi connectivity index (χ0v) is 17.1. The quantitative estimate of drug-likeness (QED) is 0.493. The molecule has 0 bridgehead atoms. The first kappa shape index (κ1) is 20.0. The maximum absolute atomic E-state index is 5.75. The molecule has 0 spiro atoms. The summed E-state index contributed by atoms with van der Waals surface area (Å²) in [6.45, 7) is 0.717. The van der Waals surface area contributed by atoms with Gasteiger partial charge in [0.15, 0.2) is 0 Å². The Kier molecular flexibility index (Phi) is 8.08. The summed E-state index contributed by atoms with van der Waals surface area (Å²) >= 11 is 5.75. The van der Waals surface area contributed by atoms with Crippen LogP contribution in [0.15, 0.2) is 35.9 Å². The molecule has 0 atom stereocenters. The van der Waals surface area contributed by atoms with Crippen LogP contribution < -0.4 is 0 Å². The molecular weight excluding hydrogens is 340 g/mol. The number of rotatable bonds is 7. The van der Waals surface area contributed by atoms with Gasteiger partial charge in [0.2, 0.25) is 0 Å². The molecule has 0 amide bonds. The van der Waals surface area contributed by atoms with E-state index in [9.17, 15) is 0 Å². The van der Waals surface area contributed by atoms with Gasteiger partial charge >= 0.3 is 0 Å². The number of halogens is 1. The van der Waals surface area contributed by atoms with Gasteiger partial charge in [0.05, 0.1) is 6.61 Å². The lowest BCUT2D eigenvalue weighted by Gasteiger charge is -2.37. The molecule has 1 aromatic rings. The molecule has 3 rings (SSSR count). The van der Waals surface area contributed by atoms with Crippen LogP contribution in [0, 0.1) is 23.7 Å². The standard InChI is InChI=1S/C24H35ClO/c1-26-18-22-6-4-19(5-7-22)2-3-20-8-12-23(13-9-20)24-14-10-21(11-15-24)16-17-25/h4-7,16-17,20-21,23-24H,2-3,8-15,18H2,1H3/b17-16+. The minimum absolute atomic E-state index is 0.717. The van der Waals surface area contributed by atoms with Crippen LogP contribution in [0.4, 0.5) is 0 Å². The van der Waals surface area contributed by atoms with Crippen molar-refractivity contribution in [2.75, 3.05) is 7.11 Å². The van der Waals surface area contributed by atoms with Gasteiger partial charge in [-0.3, -0.25) is 0 Å². The molecule has 0 N–H and O–H groups in total. The number of aryl methyl sites for hydroxylation is 1. The molecule has 2 fully saturated rings. The van der Waals surface area contributed by atoms with Crippen molar-refractivity contribution in [2.24, 2.45) is 23.7 Å². The van der Waals surface area contributed by atoms with Crippen molar-refractivity contribution in [3.8, 4) is 0 Å². The maximum atomic E-state index is 5.75. The van der Waals surface area contributed by atoms with Gasteiger partial charge in [-0.1, -0.05) is 54.8 Å². The highest BCUT2D eigenvalue weighted by molar-refractivity contribution is 6.25. The first-order valence-electron chi connectivity index (χ1n) is 10.6. The predicted octanol–water partition coefficient (Wildman–Crippen LogP) is 7.13. The van der Waals surface area contributed by atoms with E-state index in [2.05, 4.69) is 30.3 Å². The second kappa shape index (κ2) is 10.5. The van der Waals surface area contributed by atoms with E-state index < -0.39 is 0 Å². The van der Waals surface area contributed by atoms with Crippen molar-refractivity contribution in [2.45, 2.75) is 70.8 Å². The molecule has 0 aliphatic heterocycles. The first-order chi connectivity index (χ1) is 12.8. The summed E-state index contributed by atoms with van der Waals surface area (Å²) < 4.78 is 5.19. The van der Waals surface area contributed by atoms with Gasteiger partial charge in [0.25, 0.3) is 0 Å². The third-order valence-electron chi connectivity index (χ3n) is 6.89. The van der Waals surface area contributed by atoms with E-state index in [1.165, 1.54) is 75.3 Å². The van der Waals surface area contributed by atoms with Crippen molar-refractivity contribution in [1.82, 2.24) is 0 Å². The fraction of sp³-hybridized carbons (Fsp3) is 0.667. The molecule has 0 unspecified atom stereocenters. The Hall–Kier alpha value is -0.790. The Morgan fingerprint density at radius 1 is 0.885 bits per heavy atom. The molecule has 26 heavy (non-hydrogen) atoms. The molecule has 2 heteroatoms. The molecule has 0 heterocycles. The summed E-state index contributed by atoms with van der Waals surface area (Å²) in [6.07, 6.45) is 16.2. The van der Waals surface area contributed by atoms with Gasteiger partial charge in [-0.2, -0.15) is 0 Å². The topological polar surface area (TPSA) is 9.23 Å². The van der Waals surface area contributed by atoms with Crippen LogP contribution in [0.2, 0.25) is 0 Å². The van der Waals surface area contributed by atoms with E-state index in [1.807, 2.05) is 0 Å². The van der Waals surface area contributed by atoms with Gasteiger partial charge in [0.1, 0.15) is 0 Å². The van der Waals surface area contributed by atoms with Crippen LogP contribution in [-0.2, 0) is 17.8 Å². The highest BCUT2D eigenvalue weighted by Crippen LogP contribution is 2.42. The van der Waals surface area contributed by atoms with Gasteiger partial charge in [-0.05, 0) is 86.2 Å². The lowest BCUT2D eigenvalue weighted by molar-refractivity contribution is 0.153. The molecule has 0 radical (unpaired) electrons. The van der Waals surface area contributed by atoms with E-state index in [-0.39, 0.29) is 0 Å². The summed E-state index contributed by atoms with van der Waals surface area (Å²) in [7, 11) is 1.76. The molecule has 1 aromatic carbocycles. The minimum Gasteiger partial charge on any atom is -0.380 e. The summed E-state index contributed by atoms with van der Waals surface area (Å²) in [5.74, 6) is 3.68. The molecule has 1 nitrogen and oxygen atoms in total. The minimum atomic E-state index is 0.717. The third kappa shape index (κ3) is 5.86. The van der Waals surface area contributed by atoms with Crippen molar-refractivity contribution < 1.29 is 4.74 Å². The fourth-order valence-electron chi connectivity index (χ4n) is 5.20. The third-order valence-corrected chi connectivity index (χ3v) is 7.04.